The molecule has 0 spiro atoms. The number of aromatic nitrogens is 3. The number of amides is 1. The zero-order valence-electron chi connectivity index (χ0n) is 18.5. The SMILES string of the molecule is CCN1CCN(c2ccc(NC(=O)COC(=O)c3ccc4c(c3)nnn4CC)cc2)CC1. The average Bonchev–Trinajstić information content (AvgIpc) is 3.25. The largest absolute Gasteiger partial charge is 0.452 e. The van der Waals surface area contributed by atoms with Crippen molar-refractivity contribution < 1.29 is 14.3 Å². The van der Waals surface area contributed by atoms with E-state index in [0.29, 0.717) is 23.3 Å². The van der Waals surface area contributed by atoms with Gasteiger partial charge in [0.2, 0.25) is 0 Å². The van der Waals surface area contributed by atoms with E-state index in [4.69, 9.17) is 4.74 Å². The summed E-state index contributed by atoms with van der Waals surface area (Å²) in [5, 5.41) is 10.8. The summed E-state index contributed by atoms with van der Waals surface area (Å²) < 4.78 is 6.91. The Morgan fingerprint density at radius 1 is 1.00 bits per heavy atom. The van der Waals surface area contributed by atoms with Gasteiger partial charge in [0.05, 0.1) is 11.1 Å². The molecular weight excluding hydrogens is 408 g/mol. The maximum Gasteiger partial charge on any atom is 0.338 e. The lowest BCUT2D eigenvalue weighted by Crippen LogP contribution is -2.46. The highest BCUT2D eigenvalue weighted by Crippen LogP contribution is 2.20. The lowest BCUT2D eigenvalue weighted by atomic mass is 10.2. The van der Waals surface area contributed by atoms with Crippen LogP contribution < -0.4 is 10.2 Å². The van der Waals surface area contributed by atoms with Gasteiger partial charge in [0, 0.05) is 44.1 Å². The number of hydrogen-bond acceptors (Lipinski definition) is 7. The van der Waals surface area contributed by atoms with E-state index in [1.54, 1.807) is 22.9 Å². The summed E-state index contributed by atoms with van der Waals surface area (Å²) >= 11 is 0. The summed E-state index contributed by atoms with van der Waals surface area (Å²) in [6, 6.07) is 12.8. The molecule has 1 aliphatic rings. The number of aryl methyl sites for hydroxylation is 1. The Kier molecular flexibility index (Phi) is 6.65. The first kappa shape index (κ1) is 21.8. The predicted octanol–water partition coefficient (Wildman–Crippen LogP) is 2.39. The van der Waals surface area contributed by atoms with Gasteiger partial charge in [0.25, 0.3) is 5.91 Å². The molecule has 168 valence electrons. The number of likely N-dealkylation sites (N-methyl/N-ethyl adjacent to an activating group) is 1. The first-order valence-electron chi connectivity index (χ1n) is 10.9. The molecule has 1 amide bonds. The number of anilines is 2. The van der Waals surface area contributed by atoms with E-state index in [-0.39, 0.29) is 12.5 Å². The number of nitrogens with zero attached hydrogens (tertiary/aromatic N) is 5. The van der Waals surface area contributed by atoms with Crippen LogP contribution in [0.2, 0.25) is 0 Å². The minimum atomic E-state index is -0.574. The van der Waals surface area contributed by atoms with Crippen LogP contribution in [0.5, 0.6) is 0 Å². The number of fused-ring (bicyclic) bond motifs is 1. The number of carbonyl (C=O) groups excluding carboxylic acids is 2. The van der Waals surface area contributed by atoms with Crippen LogP contribution in [0.3, 0.4) is 0 Å². The Hall–Kier alpha value is -3.46. The second kappa shape index (κ2) is 9.78. The third-order valence-electron chi connectivity index (χ3n) is 5.72. The van der Waals surface area contributed by atoms with Crippen molar-refractivity contribution in [3.8, 4) is 0 Å². The maximum atomic E-state index is 12.3. The molecule has 0 atom stereocenters. The Balaban J connectivity index is 1.28. The summed E-state index contributed by atoms with van der Waals surface area (Å²) in [5.41, 5.74) is 3.60. The molecule has 3 aromatic rings. The summed E-state index contributed by atoms with van der Waals surface area (Å²) in [7, 11) is 0. The van der Waals surface area contributed by atoms with Crippen molar-refractivity contribution >= 4 is 34.3 Å². The number of benzene rings is 2. The molecule has 0 radical (unpaired) electrons. The molecule has 2 aromatic carbocycles. The topological polar surface area (TPSA) is 92.6 Å². The molecule has 32 heavy (non-hydrogen) atoms. The zero-order valence-corrected chi connectivity index (χ0v) is 18.5. The first-order valence-corrected chi connectivity index (χ1v) is 10.9. The van der Waals surface area contributed by atoms with Crippen molar-refractivity contribution in [2.24, 2.45) is 0 Å². The highest BCUT2D eigenvalue weighted by atomic mass is 16.5. The highest BCUT2D eigenvalue weighted by Gasteiger charge is 2.16. The molecule has 1 fully saturated rings. The van der Waals surface area contributed by atoms with Gasteiger partial charge in [-0.05, 0) is 55.9 Å². The maximum absolute atomic E-state index is 12.3. The van der Waals surface area contributed by atoms with Crippen molar-refractivity contribution in [1.29, 1.82) is 0 Å². The summed E-state index contributed by atoms with van der Waals surface area (Å²) in [6.07, 6.45) is 0. The van der Waals surface area contributed by atoms with Gasteiger partial charge >= 0.3 is 5.97 Å². The van der Waals surface area contributed by atoms with E-state index in [2.05, 4.69) is 32.4 Å². The molecule has 1 N–H and O–H groups in total. The Morgan fingerprint density at radius 2 is 1.75 bits per heavy atom. The molecule has 9 nitrogen and oxygen atoms in total. The van der Waals surface area contributed by atoms with E-state index in [1.807, 2.05) is 31.2 Å². The molecule has 1 aromatic heterocycles. The number of carbonyl (C=O) groups is 2. The fraction of sp³-hybridized carbons (Fsp3) is 0.391. The van der Waals surface area contributed by atoms with E-state index in [1.165, 1.54) is 0 Å². The van der Waals surface area contributed by atoms with Crippen LogP contribution in [0.15, 0.2) is 42.5 Å². The van der Waals surface area contributed by atoms with Crippen LogP contribution in [-0.2, 0) is 16.1 Å². The van der Waals surface area contributed by atoms with Gasteiger partial charge in [0.15, 0.2) is 6.61 Å². The van der Waals surface area contributed by atoms with Gasteiger partial charge in [-0.2, -0.15) is 0 Å². The lowest BCUT2D eigenvalue weighted by Gasteiger charge is -2.35. The van der Waals surface area contributed by atoms with Crippen molar-refractivity contribution in [3.63, 3.8) is 0 Å². The lowest BCUT2D eigenvalue weighted by molar-refractivity contribution is -0.119. The second-order valence-electron chi connectivity index (χ2n) is 7.70. The van der Waals surface area contributed by atoms with Crippen molar-refractivity contribution in [1.82, 2.24) is 19.9 Å². The Morgan fingerprint density at radius 3 is 2.44 bits per heavy atom. The summed E-state index contributed by atoms with van der Waals surface area (Å²) in [6.45, 7) is 9.67. The number of hydrogen-bond donors (Lipinski definition) is 1. The molecule has 0 aliphatic carbocycles. The molecule has 0 unspecified atom stereocenters. The number of ether oxygens (including phenoxy) is 1. The molecule has 2 heterocycles. The standard InChI is InChI=1S/C23H28N6O3/c1-3-27-11-13-28(14-12-27)19-8-6-18(7-9-19)24-22(30)16-32-23(31)17-5-10-21-20(15-17)25-26-29(21)4-2/h5-10,15H,3-4,11-14,16H2,1-2H3,(H,24,30). The normalized spacial score (nSPS) is 14.5. The molecule has 9 heteroatoms. The van der Waals surface area contributed by atoms with Gasteiger partial charge in [-0.25, -0.2) is 9.48 Å². The van der Waals surface area contributed by atoms with Crippen LogP contribution in [0, 0.1) is 0 Å². The zero-order chi connectivity index (χ0) is 22.5. The molecule has 1 saturated heterocycles. The minimum Gasteiger partial charge on any atom is -0.452 e. The van der Waals surface area contributed by atoms with Crippen molar-refractivity contribution in [2.45, 2.75) is 20.4 Å². The van der Waals surface area contributed by atoms with E-state index in [0.717, 1.165) is 43.9 Å². The fourth-order valence-corrected chi connectivity index (χ4v) is 3.82. The van der Waals surface area contributed by atoms with E-state index < -0.39 is 5.97 Å². The van der Waals surface area contributed by atoms with E-state index >= 15 is 0 Å². The number of esters is 1. The third-order valence-corrected chi connectivity index (χ3v) is 5.72. The minimum absolute atomic E-state index is 0.334. The van der Waals surface area contributed by atoms with Crippen LogP contribution in [0.4, 0.5) is 11.4 Å². The van der Waals surface area contributed by atoms with Crippen molar-refractivity contribution in [3.05, 3.63) is 48.0 Å². The monoisotopic (exact) mass is 436 g/mol. The number of nitrogens with one attached hydrogen (secondary N) is 1. The highest BCUT2D eigenvalue weighted by molar-refractivity contribution is 5.97. The third kappa shape index (κ3) is 4.88. The summed E-state index contributed by atoms with van der Waals surface area (Å²) in [5.74, 6) is -0.963. The molecule has 1 aliphatic heterocycles. The van der Waals surface area contributed by atoms with Gasteiger partial charge in [-0.1, -0.05) is 12.1 Å². The Labute approximate surface area is 186 Å². The van der Waals surface area contributed by atoms with Crippen LogP contribution in [0.25, 0.3) is 11.0 Å². The van der Waals surface area contributed by atoms with Crippen LogP contribution >= 0.6 is 0 Å². The predicted molar refractivity (Wildman–Crippen MR) is 123 cm³/mol. The molecule has 0 saturated carbocycles. The second-order valence-corrected chi connectivity index (χ2v) is 7.70. The average molecular weight is 437 g/mol. The van der Waals surface area contributed by atoms with Gasteiger partial charge in [-0.15, -0.1) is 5.10 Å². The molecular formula is C23H28N6O3. The van der Waals surface area contributed by atoms with Crippen LogP contribution in [0.1, 0.15) is 24.2 Å². The number of piperazine rings is 1. The van der Waals surface area contributed by atoms with E-state index in [9.17, 15) is 9.59 Å². The van der Waals surface area contributed by atoms with Gasteiger partial charge in [0.1, 0.15) is 5.52 Å². The fourth-order valence-electron chi connectivity index (χ4n) is 3.82. The van der Waals surface area contributed by atoms with Gasteiger partial charge in [-0.3, -0.25) is 4.79 Å². The smallest absolute Gasteiger partial charge is 0.338 e. The molecule has 4 rings (SSSR count). The van der Waals surface area contributed by atoms with Gasteiger partial charge < -0.3 is 19.9 Å². The quantitative estimate of drug-likeness (QED) is 0.569. The first-order chi connectivity index (χ1) is 15.6. The number of rotatable bonds is 7. The Bertz CT molecular complexity index is 1090. The van der Waals surface area contributed by atoms with Crippen LogP contribution in [-0.4, -0.2) is 71.1 Å². The van der Waals surface area contributed by atoms with Crippen molar-refractivity contribution in [2.75, 3.05) is 49.5 Å². The summed E-state index contributed by atoms with van der Waals surface area (Å²) in [4.78, 5) is 29.3. The molecule has 0 bridgehead atoms.